The summed E-state index contributed by atoms with van der Waals surface area (Å²) in [6, 6.07) is 12.4. The summed E-state index contributed by atoms with van der Waals surface area (Å²) in [5.41, 5.74) is 9.11. The van der Waals surface area contributed by atoms with Gasteiger partial charge in [-0.2, -0.15) is 0 Å². The van der Waals surface area contributed by atoms with Gasteiger partial charge < -0.3 is 11.1 Å². The largest absolute Gasteiger partial charge is 0.399 e. The predicted molar refractivity (Wildman–Crippen MR) is 69.3 cm³/mol. The summed E-state index contributed by atoms with van der Waals surface area (Å²) in [4.78, 5) is 0. The molecule has 3 N–H and O–H groups in total. The molecule has 0 heterocycles. The van der Waals surface area contributed by atoms with Gasteiger partial charge in [0.15, 0.2) is 0 Å². The van der Waals surface area contributed by atoms with Gasteiger partial charge in [-0.15, -0.1) is 0 Å². The summed E-state index contributed by atoms with van der Waals surface area (Å²) < 4.78 is 13.4. The number of rotatable bonds is 3. The maximum Gasteiger partial charge on any atom is 0.128 e. The molecule has 0 atom stereocenters. The number of nitrogens with two attached hydrogens (primary N) is 1. The highest BCUT2D eigenvalue weighted by atomic mass is 19.1. The Bertz CT molecular complexity index is 523. The van der Waals surface area contributed by atoms with E-state index in [1.54, 1.807) is 12.1 Å². The van der Waals surface area contributed by atoms with Crippen LogP contribution < -0.4 is 11.1 Å². The van der Waals surface area contributed by atoms with Gasteiger partial charge in [0.25, 0.3) is 0 Å². The Morgan fingerprint density at radius 1 is 1.18 bits per heavy atom. The van der Waals surface area contributed by atoms with Crippen LogP contribution in [0.2, 0.25) is 0 Å². The van der Waals surface area contributed by atoms with Gasteiger partial charge in [-0.1, -0.05) is 18.2 Å². The quantitative estimate of drug-likeness (QED) is 0.794. The third-order valence-electron chi connectivity index (χ3n) is 2.71. The van der Waals surface area contributed by atoms with E-state index in [4.69, 9.17) is 5.73 Å². The molecule has 88 valence electrons. The molecular formula is C14H15FN2. The molecule has 0 unspecified atom stereocenters. The second kappa shape index (κ2) is 4.87. The van der Waals surface area contributed by atoms with Gasteiger partial charge in [-0.05, 0) is 36.8 Å². The van der Waals surface area contributed by atoms with Gasteiger partial charge in [0.05, 0.1) is 0 Å². The van der Waals surface area contributed by atoms with Gasteiger partial charge in [0, 0.05) is 23.5 Å². The summed E-state index contributed by atoms with van der Waals surface area (Å²) in [5, 5.41) is 3.17. The molecule has 0 aromatic heterocycles. The van der Waals surface area contributed by atoms with Crippen LogP contribution >= 0.6 is 0 Å². The second-order valence-electron chi connectivity index (χ2n) is 4.02. The number of halogens is 1. The fourth-order valence-electron chi connectivity index (χ4n) is 1.62. The van der Waals surface area contributed by atoms with Gasteiger partial charge in [-0.25, -0.2) is 4.39 Å². The lowest BCUT2D eigenvalue weighted by atomic mass is 10.1. The van der Waals surface area contributed by atoms with E-state index in [1.165, 1.54) is 6.07 Å². The minimum atomic E-state index is -0.188. The smallest absolute Gasteiger partial charge is 0.128 e. The van der Waals surface area contributed by atoms with Crippen molar-refractivity contribution in [3.05, 3.63) is 59.4 Å². The van der Waals surface area contributed by atoms with Crippen molar-refractivity contribution in [3.63, 3.8) is 0 Å². The summed E-state index contributed by atoms with van der Waals surface area (Å²) in [7, 11) is 0. The van der Waals surface area contributed by atoms with Crippen LogP contribution in [0.3, 0.4) is 0 Å². The normalized spacial score (nSPS) is 10.2. The van der Waals surface area contributed by atoms with Crippen molar-refractivity contribution in [2.75, 3.05) is 11.1 Å². The Morgan fingerprint density at radius 3 is 2.65 bits per heavy atom. The van der Waals surface area contributed by atoms with E-state index in [0.29, 0.717) is 12.1 Å². The number of hydrogen-bond acceptors (Lipinski definition) is 2. The van der Waals surface area contributed by atoms with Crippen molar-refractivity contribution in [1.82, 2.24) is 0 Å². The summed E-state index contributed by atoms with van der Waals surface area (Å²) in [5.74, 6) is -0.188. The molecule has 2 aromatic rings. The topological polar surface area (TPSA) is 38.0 Å². The average molecular weight is 230 g/mol. The van der Waals surface area contributed by atoms with E-state index in [1.807, 2.05) is 31.2 Å². The van der Waals surface area contributed by atoms with Crippen molar-refractivity contribution < 1.29 is 4.39 Å². The minimum Gasteiger partial charge on any atom is -0.399 e. The molecule has 0 bridgehead atoms. The highest BCUT2D eigenvalue weighted by Crippen LogP contribution is 2.17. The first-order valence-corrected chi connectivity index (χ1v) is 5.50. The zero-order chi connectivity index (χ0) is 12.3. The number of hydrogen-bond donors (Lipinski definition) is 2. The van der Waals surface area contributed by atoms with Gasteiger partial charge in [0.2, 0.25) is 0 Å². The van der Waals surface area contributed by atoms with Crippen LogP contribution in [0.1, 0.15) is 11.1 Å². The van der Waals surface area contributed by atoms with Crippen LogP contribution in [0.5, 0.6) is 0 Å². The van der Waals surface area contributed by atoms with Crippen molar-refractivity contribution in [2.24, 2.45) is 0 Å². The van der Waals surface area contributed by atoms with Crippen LogP contribution in [0, 0.1) is 12.7 Å². The molecule has 0 radical (unpaired) electrons. The summed E-state index contributed by atoms with van der Waals surface area (Å²) in [6.07, 6.45) is 0. The molecule has 17 heavy (non-hydrogen) atoms. The molecule has 3 heteroatoms. The van der Waals surface area contributed by atoms with Crippen LogP contribution in [0.4, 0.5) is 15.8 Å². The third kappa shape index (κ3) is 2.75. The highest BCUT2D eigenvalue weighted by molar-refractivity contribution is 5.56. The third-order valence-corrected chi connectivity index (χ3v) is 2.71. The molecule has 0 saturated heterocycles. The zero-order valence-corrected chi connectivity index (χ0v) is 9.70. The number of benzene rings is 2. The molecule has 2 rings (SSSR count). The molecule has 0 amide bonds. The van der Waals surface area contributed by atoms with Crippen LogP contribution in [0.15, 0.2) is 42.5 Å². The minimum absolute atomic E-state index is 0.188. The molecule has 0 aliphatic heterocycles. The zero-order valence-electron chi connectivity index (χ0n) is 9.70. The Morgan fingerprint density at radius 2 is 1.94 bits per heavy atom. The van der Waals surface area contributed by atoms with Crippen molar-refractivity contribution >= 4 is 11.4 Å². The van der Waals surface area contributed by atoms with Gasteiger partial charge >= 0.3 is 0 Å². The lowest BCUT2D eigenvalue weighted by Crippen LogP contribution is -2.02. The maximum atomic E-state index is 13.4. The number of nitrogens with one attached hydrogen (secondary N) is 1. The number of nitrogen functional groups attached to an aromatic ring is 1. The Hall–Kier alpha value is -2.03. The first kappa shape index (κ1) is 11.5. The van der Waals surface area contributed by atoms with Gasteiger partial charge in [-0.3, -0.25) is 0 Å². The Labute approximate surface area is 100 Å². The second-order valence-corrected chi connectivity index (χ2v) is 4.02. The molecular weight excluding hydrogens is 215 g/mol. The monoisotopic (exact) mass is 230 g/mol. The lowest BCUT2D eigenvalue weighted by Gasteiger charge is -2.09. The van der Waals surface area contributed by atoms with Gasteiger partial charge in [0.1, 0.15) is 5.82 Å². The van der Waals surface area contributed by atoms with E-state index in [2.05, 4.69) is 5.32 Å². The molecule has 0 saturated carbocycles. The summed E-state index contributed by atoms with van der Waals surface area (Å²) in [6.45, 7) is 2.42. The molecule has 2 aromatic carbocycles. The van der Waals surface area contributed by atoms with E-state index in [9.17, 15) is 4.39 Å². The molecule has 0 aliphatic rings. The standard InChI is InChI=1S/C14H15FN2/c1-10-8-12(6-7-14(10)16)17-9-11-4-2-3-5-13(11)15/h2-8,17H,9,16H2,1H3. The van der Waals surface area contributed by atoms with Crippen molar-refractivity contribution in [1.29, 1.82) is 0 Å². The van der Waals surface area contributed by atoms with Crippen LogP contribution in [0.25, 0.3) is 0 Å². The van der Waals surface area contributed by atoms with Crippen LogP contribution in [-0.4, -0.2) is 0 Å². The summed E-state index contributed by atoms with van der Waals surface area (Å²) >= 11 is 0. The highest BCUT2D eigenvalue weighted by Gasteiger charge is 2.01. The van der Waals surface area contributed by atoms with E-state index < -0.39 is 0 Å². The van der Waals surface area contributed by atoms with E-state index in [0.717, 1.165) is 16.9 Å². The fraction of sp³-hybridized carbons (Fsp3) is 0.143. The molecule has 0 spiro atoms. The lowest BCUT2D eigenvalue weighted by molar-refractivity contribution is 0.613. The van der Waals surface area contributed by atoms with E-state index in [-0.39, 0.29) is 5.82 Å². The number of aryl methyl sites for hydroxylation is 1. The molecule has 0 aliphatic carbocycles. The SMILES string of the molecule is Cc1cc(NCc2ccccc2F)ccc1N. The molecule has 0 fully saturated rings. The maximum absolute atomic E-state index is 13.4. The fourth-order valence-corrected chi connectivity index (χ4v) is 1.62. The van der Waals surface area contributed by atoms with Crippen molar-refractivity contribution in [2.45, 2.75) is 13.5 Å². The van der Waals surface area contributed by atoms with E-state index >= 15 is 0 Å². The molecule has 2 nitrogen and oxygen atoms in total. The predicted octanol–water partition coefficient (Wildman–Crippen LogP) is 3.33. The average Bonchev–Trinajstić information content (AvgIpc) is 2.32. The first-order chi connectivity index (χ1) is 8.16. The Balaban J connectivity index is 2.08. The number of anilines is 2. The van der Waals surface area contributed by atoms with Crippen molar-refractivity contribution in [3.8, 4) is 0 Å². The first-order valence-electron chi connectivity index (χ1n) is 5.50. The Kier molecular flexibility index (Phi) is 3.28. The van der Waals surface area contributed by atoms with Crippen LogP contribution in [-0.2, 0) is 6.54 Å².